The van der Waals surface area contributed by atoms with Gasteiger partial charge in [-0.15, -0.1) is 5.10 Å². The summed E-state index contributed by atoms with van der Waals surface area (Å²) in [5.74, 6) is 1.01. The predicted octanol–water partition coefficient (Wildman–Crippen LogP) is 2.32. The number of fused-ring (bicyclic) bond motifs is 1. The molecule has 0 unspecified atom stereocenters. The van der Waals surface area contributed by atoms with Gasteiger partial charge in [-0.05, 0) is 12.8 Å². The maximum absolute atomic E-state index is 9.30. The van der Waals surface area contributed by atoms with Gasteiger partial charge in [0.2, 0.25) is 11.8 Å². The Kier molecular flexibility index (Phi) is 3.28. The van der Waals surface area contributed by atoms with Crippen LogP contribution in [0.3, 0.4) is 0 Å². The van der Waals surface area contributed by atoms with E-state index in [1.807, 2.05) is 6.92 Å². The van der Waals surface area contributed by atoms with Gasteiger partial charge in [-0.2, -0.15) is 5.26 Å². The van der Waals surface area contributed by atoms with Crippen molar-refractivity contribution in [2.75, 3.05) is 0 Å². The molecule has 2 heterocycles. The Morgan fingerprint density at radius 2 is 2.33 bits per heavy atom. The van der Waals surface area contributed by atoms with Crippen LogP contribution < -0.4 is 10.5 Å². The van der Waals surface area contributed by atoms with Gasteiger partial charge in [-0.1, -0.05) is 26.7 Å². The molecule has 96 valence electrons. The number of aromatic nitrogens is 2. The second kappa shape index (κ2) is 4.73. The molecule has 0 saturated heterocycles. The average molecular weight is 246 g/mol. The van der Waals surface area contributed by atoms with E-state index in [-0.39, 0.29) is 11.8 Å². The lowest BCUT2D eigenvalue weighted by Crippen LogP contribution is -2.24. The number of rotatable bonds is 3. The van der Waals surface area contributed by atoms with Crippen LogP contribution in [0.1, 0.15) is 43.9 Å². The van der Waals surface area contributed by atoms with Crippen LogP contribution >= 0.6 is 0 Å². The van der Waals surface area contributed by atoms with Crippen molar-refractivity contribution in [3.05, 3.63) is 22.7 Å². The maximum atomic E-state index is 9.30. The topological polar surface area (TPSA) is 87.7 Å². The highest BCUT2D eigenvalue weighted by Gasteiger charge is 2.35. The maximum Gasteiger partial charge on any atom is 0.243 e. The number of aromatic amines is 1. The van der Waals surface area contributed by atoms with E-state index in [1.54, 1.807) is 0 Å². The molecule has 5 nitrogen and oxygen atoms in total. The van der Waals surface area contributed by atoms with Crippen LogP contribution in [0, 0.1) is 24.2 Å². The molecule has 0 saturated carbocycles. The lowest BCUT2D eigenvalue weighted by Gasteiger charge is -2.27. The van der Waals surface area contributed by atoms with Gasteiger partial charge >= 0.3 is 0 Å². The van der Waals surface area contributed by atoms with Gasteiger partial charge in [-0.3, -0.25) is 5.10 Å². The Balaban J connectivity index is 2.51. The first-order valence-electron chi connectivity index (χ1n) is 6.22. The molecule has 1 aliphatic heterocycles. The van der Waals surface area contributed by atoms with E-state index in [0.29, 0.717) is 17.4 Å². The molecule has 0 spiro atoms. The van der Waals surface area contributed by atoms with Gasteiger partial charge in [0.05, 0.1) is 5.57 Å². The Hall–Kier alpha value is -1.96. The van der Waals surface area contributed by atoms with Crippen LogP contribution in [0.5, 0.6) is 5.88 Å². The van der Waals surface area contributed by atoms with Crippen LogP contribution in [-0.4, -0.2) is 10.2 Å². The van der Waals surface area contributed by atoms with Crippen molar-refractivity contribution in [2.45, 2.75) is 39.5 Å². The zero-order valence-electron chi connectivity index (χ0n) is 10.9. The molecule has 1 aliphatic rings. The summed E-state index contributed by atoms with van der Waals surface area (Å²) < 4.78 is 5.41. The van der Waals surface area contributed by atoms with E-state index in [9.17, 15) is 5.26 Å². The summed E-state index contributed by atoms with van der Waals surface area (Å²) in [5.41, 5.74) is 8.26. The van der Waals surface area contributed by atoms with Crippen molar-refractivity contribution in [1.29, 1.82) is 5.26 Å². The number of nitrogens with zero attached hydrogens (tertiary/aromatic N) is 2. The van der Waals surface area contributed by atoms with Crippen molar-refractivity contribution >= 4 is 0 Å². The Morgan fingerprint density at radius 3 is 2.94 bits per heavy atom. The molecule has 2 rings (SSSR count). The molecular formula is C13H18N4O. The van der Waals surface area contributed by atoms with Crippen LogP contribution in [0.2, 0.25) is 0 Å². The van der Waals surface area contributed by atoms with Crippen molar-refractivity contribution in [3.63, 3.8) is 0 Å². The van der Waals surface area contributed by atoms with Crippen molar-refractivity contribution in [1.82, 2.24) is 10.2 Å². The van der Waals surface area contributed by atoms with Crippen LogP contribution in [0.25, 0.3) is 0 Å². The third-order valence-electron chi connectivity index (χ3n) is 3.49. The molecule has 1 aromatic rings. The number of allylic oxidation sites excluding steroid dienone is 1. The van der Waals surface area contributed by atoms with Gasteiger partial charge in [0.15, 0.2) is 0 Å². The van der Waals surface area contributed by atoms with Gasteiger partial charge in [0.1, 0.15) is 6.07 Å². The molecule has 0 bridgehead atoms. The summed E-state index contributed by atoms with van der Waals surface area (Å²) in [6.45, 7) is 6.22. The van der Waals surface area contributed by atoms with E-state index in [2.05, 4.69) is 30.1 Å². The second-order valence-electron chi connectivity index (χ2n) is 4.80. The van der Waals surface area contributed by atoms with Crippen LogP contribution in [-0.2, 0) is 0 Å². The molecule has 0 aromatic carbocycles. The number of hydrogen-bond acceptors (Lipinski definition) is 4. The number of ether oxygens (including phenoxy) is 1. The standard InChI is InChI=1S/C13H18N4O/c1-4-5-7(2)10-9(6-14)12(15)18-13-11(10)8(3)16-17-13/h7,10H,4-5,15H2,1-3H3,(H,16,17)/t7-,10-/m0/s1. The molecule has 3 N–H and O–H groups in total. The summed E-state index contributed by atoms with van der Waals surface area (Å²) in [6, 6.07) is 2.19. The number of aryl methyl sites for hydroxylation is 1. The summed E-state index contributed by atoms with van der Waals surface area (Å²) in [4.78, 5) is 0. The van der Waals surface area contributed by atoms with Crippen LogP contribution in [0.15, 0.2) is 11.5 Å². The average Bonchev–Trinajstić information content (AvgIpc) is 2.69. The first-order valence-corrected chi connectivity index (χ1v) is 6.22. The Bertz CT molecular complexity index is 524. The molecule has 0 aliphatic carbocycles. The van der Waals surface area contributed by atoms with E-state index in [1.165, 1.54) is 0 Å². The minimum absolute atomic E-state index is 0.0163. The van der Waals surface area contributed by atoms with Gasteiger partial charge in [-0.25, -0.2) is 0 Å². The Labute approximate surface area is 107 Å². The molecule has 0 radical (unpaired) electrons. The summed E-state index contributed by atoms with van der Waals surface area (Å²) >= 11 is 0. The Morgan fingerprint density at radius 1 is 1.61 bits per heavy atom. The van der Waals surface area contributed by atoms with Gasteiger partial charge in [0.25, 0.3) is 0 Å². The summed E-state index contributed by atoms with van der Waals surface area (Å²) in [6.07, 6.45) is 2.11. The minimum Gasteiger partial charge on any atom is -0.420 e. The zero-order valence-corrected chi connectivity index (χ0v) is 10.9. The highest BCUT2D eigenvalue weighted by Crippen LogP contribution is 2.43. The van der Waals surface area contributed by atoms with Gasteiger partial charge in [0, 0.05) is 17.2 Å². The largest absolute Gasteiger partial charge is 0.420 e. The highest BCUT2D eigenvalue weighted by atomic mass is 16.5. The predicted molar refractivity (Wildman–Crippen MR) is 67.6 cm³/mol. The van der Waals surface area contributed by atoms with E-state index in [4.69, 9.17) is 10.5 Å². The zero-order chi connectivity index (χ0) is 13.3. The van der Waals surface area contributed by atoms with E-state index in [0.717, 1.165) is 24.1 Å². The number of nitrogens with one attached hydrogen (secondary N) is 1. The second-order valence-corrected chi connectivity index (χ2v) is 4.80. The van der Waals surface area contributed by atoms with Crippen molar-refractivity contribution < 1.29 is 4.74 Å². The lowest BCUT2D eigenvalue weighted by atomic mass is 9.79. The fourth-order valence-corrected chi connectivity index (χ4v) is 2.63. The molecule has 18 heavy (non-hydrogen) atoms. The number of hydrogen-bond donors (Lipinski definition) is 2. The quantitative estimate of drug-likeness (QED) is 0.856. The summed E-state index contributed by atoms with van der Waals surface area (Å²) in [7, 11) is 0. The highest BCUT2D eigenvalue weighted by molar-refractivity contribution is 5.49. The fourth-order valence-electron chi connectivity index (χ4n) is 2.63. The smallest absolute Gasteiger partial charge is 0.243 e. The third kappa shape index (κ3) is 1.84. The first kappa shape index (κ1) is 12.5. The third-order valence-corrected chi connectivity index (χ3v) is 3.49. The van der Waals surface area contributed by atoms with Crippen molar-refractivity contribution in [3.8, 4) is 11.9 Å². The van der Waals surface area contributed by atoms with Crippen molar-refractivity contribution in [2.24, 2.45) is 11.7 Å². The lowest BCUT2D eigenvalue weighted by molar-refractivity contribution is 0.349. The molecule has 0 fully saturated rings. The number of H-pyrrole nitrogens is 1. The number of nitriles is 1. The van der Waals surface area contributed by atoms with Crippen LogP contribution in [0.4, 0.5) is 0 Å². The molecular weight excluding hydrogens is 228 g/mol. The SMILES string of the molecule is CCC[C@H](C)[C@H]1C(C#N)=C(N)Oc2n[nH]c(C)c21. The fraction of sp³-hybridized carbons (Fsp3) is 0.538. The van der Waals surface area contributed by atoms with E-state index < -0.39 is 0 Å². The molecule has 5 heteroatoms. The minimum atomic E-state index is -0.0163. The van der Waals surface area contributed by atoms with E-state index >= 15 is 0 Å². The molecule has 0 amide bonds. The number of nitrogens with two attached hydrogens (primary N) is 1. The van der Waals surface area contributed by atoms with Gasteiger partial charge < -0.3 is 10.5 Å². The first-order chi connectivity index (χ1) is 8.60. The monoisotopic (exact) mass is 246 g/mol. The molecule has 2 atom stereocenters. The molecule has 1 aromatic heterocycles. The summed E-state index contributed by atoms with van der Waals surface area (Å²) in [5, 5.41) is 16.3. The normalized spacial score (nSPS) is 20.0.